The molecule has 0 spiro atoms. The van der Waals surface area contributed by atoms with Gasteiger partial charge < -0.3 is 19.4 Å². The number of amides is 1. The first-order valence-corrected chi connectivity index (χ1v) is 12.1. The van der Waals surface area contributed by atoms with E-state index in [9.17, 15) is 9.18 Å². The van der Waals surface area contributed by atoms with E-state index in [1.54, 1.807) is 25.6 Å². The van der Waals surface area contributed by atoms with E-state index in [1.165, 1.54) is 6.07 Å². The van der Waals surface area contributed by atoms with Crippen molar-refractivity contribution in [2.24, 2.45) is 5.92 Å². The first kappa shape index (κ1) is 23.1. The van der Waals surface area contributed by atoms with E-state index in [1.807, 2.05) is 46.2 Å². The number of halogens is 1. The number of rotatable bonds is 5. The zero-order chi connectivity index (χ0) is 24.2. The van der Waals surface area contributed by atoms with Crippen LogP contribution in [0.15, 0.2) is 60.9 Å². The average Bonchev–Trinajstić information content (AvgIpc) is 2.93. The van der Waals surface area contributed by atoms with Crippen molar-refractivity contribution in [2.45, 2.75) is 12.8 Å². The Labute approximate surface area is 205 Å². The summed E-state index contributed by atoms with van der Waals surface area (Å²) in [6.07, 6.45) is 3.20. The van der Waals surface area contributed by atoms with Gasteiger partial charge in [-0.2, -0.15) is 0 Å². The summed E-state index contributed by atoms with van der Waals surface area (Å²) in [6.45, 7) is 4.13. The summed E-state index contributed by atoms with van der Waals surface area (Å²) in [5.41, 5.74) is 2.49. The average molecular weight is 476 g/mol. The maximum atomic E-state index is 14.1. The molecule has 0 unspecified atom stereocenters. The van der Waals surface area contributed by atoms with E-state index >= 15 is 0 Å². The van der Waals surface area contributed by atoms with Crippen LogP contribution in [0.4, 0.5) is 15.9 Å². The van der Waals surface area contributed by atoms with Crippen molar-refractivity contribution in [3.63, 3.8) is 0 Å². The number of piperazine rings is 1. The Bertz CT molecular complexity index is 1160. The van der Waals surface area contributed by atoms with Crippen LogP contribution in [0, 0.1) is 11.7 Å². The van der Waals surface area contributed by atoms with Crippen molar-refractivity contribution < 1.29 is 13.9 Å². The Morgan fingerprint density at radius 2 is 1.63 bits per heavy atom. The van der Waals surface area contributed by atoms with E-state index in [-0.39, 0.29) is 17.6 Å². The highest BCUT2D eigenvalue weighted by atomic mass is 19.1. The van der Waals surface area contributed by atoms with Crippen LogP contribution in [-0.4, -0.2) is 67.2 Å². The van der Waals surface area contributed by atoms with Gasteiger partial charge >= 0.3 is 0 Å². The van der Waals surface area contributed by atoms with E-state index in [0.717, 1.165) is 48.8 Å². The number of methoxy groups -OCH3 is 1. The second-order valence-corrected chi connectivity index (χ2v) is 9.02. The molecule has 3 aromatic rings. The molecule has 2 saturated heterocycles. The van der Waals surface area contributed by atoms with Crippen molar-refractivity contribution >= 4 is 17.4 Å². The number of nitrogens with zero attached hydrogens (tertiary/aromatic N) is 5. The van der Waals surface area contributed by atoms with Gasteiger partial charge in [0.2, 0.25) is 5.91 Å². The number of ether oxygens (including phenoxy) is 1. The molecule has 2 aliphatic rings. The van der Waals surface area contributed by atoms with Crippen molar-refractivity contribution in [3.05, 3.63) is 66.7 Å². The molecule has 182 valence electrons. The van der Waals surface area contributed by atoms with Crippen molar-refractivity contribution in [2.75, 3.05) is 56.2 Å². The van der Waals surface area contributed by atoms with Crippen molar-refractivity contribution in [1.82, 2.24) is 14.9 Å². The summed E-state index contributed by atoms with van der Waals surface area (Å²) in [6, 6.07) is 16.7. The summed E-state index contributed by atoms with van der Waals surface area (Å²) in [5.74, 6) is 1.73. The Morgan fingerprint density at radius 1 is 0.914 bits per heavy atom. The SMILES string of the molecule is COc1ccc(-c2cc(N3CCC(C(=O)N4CCN(c5ccccc5F)CC4)CC3)ncn2)cc1. The highest BCUT2D eigenvalue weighted by molar-refractivity contribution is 5.79. The van der Waals surface area contributed by atoms with Crippen LogP contribution < -0.4 is 14.5 Å². The minimum atomic E-state index is -0.209. The van der Waals surface area contributed by atoms with Crippen molar-refractivity contribution in [1.29, 1.82) is 0 Å². The Balaban J connectivity index is 1.16. The summed E-state index contributed by atoms with van der Waals surface area (Å²) in [4.78, 5) is 28.3. The molecule has 1 aromatic heterocycles. The molecule has 0 aliphatic carbocycles. The summed E-state index contributed by atoms with van der Waals surface area (Å²) < 4.78 is 19.3. The van der Waals surface area contributed by atoms with Gasteiger partial charge in [-0.3, -0.25) is 4.79 Å². The van der Waals surface area contributed by atoms with Gasteiger partial charge in [0.05, 0.1) is 18.5 Å². The molecule has 0 atom stereocenters. The maximum absolute atomic E-state index is 14.1. The summed E-state index contributed by atoms with van der Waals surface area (Å²) in [7, 11) is 1.65. The monoisotopic (exact) mass is 475 g/mol. The first-order valence-electron chi connectivity index (χ1n) is 12.1. The van der Waals surface area contributed by atoms with Gasteiger partial charge in [0, 0.05) is 56.8 Å². The number of aromatic nitrogens is 2. The Kier molecular flexibility index (Phi) is 6.79. The third-order valence-electron chi connectivity index (χ3n) is 6.99. The Morgan fingerprint density at radius 3 is 2.31 bits per heavy atom. The van der Waals surface area contributed by atoms with Gasteiger partial charge in [0.25, 0.3) is 0 Å². The zero-order valence-electron chi connectivity index (χ0n) is 19.9. The predicted molar refractivity (Wildman–Crippen MR) is 134 cm³/mol. The molecular formula is C27H30FN5O2. The number of carbonyl (C=O) groups is 1. The van der Waals surface area contributed by atoms with Crippen LogP contribution in [0.25, 0.3) is 11.3 Å². The molecular weight excluding hydrogens is 445 g/mol. The molecule has 0 saturated carbocycles. The number of hydrogen-bond donors (Lipinski definition) is 0. The van der Waals surface area contributed by atoms with Crippen LogP contribution in [0.3, 0.4) is 0 Å². The van der Waals surface area contributed by atoms with Gasteiger partial charge in [-0.05, 0) is 49.2 Å². The lowest BCUT2D eigenvalue weighted by Crippen LogP contribution is -2.52. The third kappa shape index (κ3) is 5.06. The quantitative estimate of drug-likeness (QED) is 0.559. The van der Waals surface area contributed by atoms with Gasteiger partial charge in [0.15, 0.2) is 0 Å². The minimum Gasteiger partial charge on any atom is -0.497 e. The molecule has 0 bridgehead atoms. The molecule has 7 nitrogen and oxygen atoms in total. The van der Waals surface area contributed by atoms with Crippen LogP contribution in [-0.2, 0) is 4.79 Å². The van der Waals surface area contributed by atoms with Crippen LogP contribution in [0.2, 0.25) is 0 Å². The second kappa shape index (κ2) is 10.3. The molecule has 5 rings (SSSR count). The number of benzene rings is 2. The number of anilines is 2. The highest BCUT2D eigenvalue weighted by Gasteiger charge is 2.31. The van der Waals surface area contributed by atoms with Gasteiger partial charge in [-0.25, -0.2) is 14.4 Å². The normalized spacial score (nSPS) is 16.9. The number of para-hydroxylation sites is 1. The lowest BCUT2D eigenvalue weighted by Gasteiger charge is -2.39. The standard InChI is InChI=1S/C27H30FN5O2/c1-35-22-8-6-20(7-9-22)24-18-26(30-19-29-24)32-12-10-21(11-13-32)27(34)33-16-14-31(15-17-33)25-5-3-2-4-23(25)28/h2-9,18-19,21H,10-17H2,1H3. The van der Waals surface area contributed by atoms with Gasteiger partial charge in [0.1, 0.15) is 23.7 Å². The topological polar surface area (TPSA) is 61.8 Å². The predicted octanol–water partition coefficient (Wildman–Crippen LogP) is 3.86. The van der Waals surface area contributed by atoms with E-state index in [4.69, 9.17) is 4.74 Å². The molecule has 2 aliphatic heterocycles. The van der Waals surface area contributed by atoms with E-state index < -0.39 is 0 Å². The lowest BCUT2D eigenvalue weighted by molar-refractivity contribution is -0.136. The third-order valence-corrected chi connectivity index (χ3v) is 6.99. The molecule has 8 heteroatoms. The van der Waals surface area contributed by atoms with Crippen LogP contribution in [0.5, 0.6) is 5.75 Å². The van der Waals surface area contributed by atoms with Crippen molar-refractivity contribution in [3.8, 4) is 17.0 Å². The van der Waals surface area contributed by atoms with Crippen LogP contribution >= 0.6 is 0 Å². The molecule has 3 heterocycles. The molecule has 35 heavy (non-hydrogen) atoms. The maximum Gasteiger partial charge on any atom is 0.225 e. The number of piperidine rings is 1. The second-order valence-electron chi connectivity index (χ2n) is 9.02. The number of hydrogen-bond acceptors (Lipinski definition) is 6. The first-order chi connectivity index (χ1) is 17.1. The highest BCUT2D eigenvalue weighted by Crippen LogP contribution is 2.28. The fourth-order valence-corrected chi connectivity index (χ4v) is 4.93. The van der Waals surface area contributed by atoms with Gasteiger partial charge in [-0.1, -0.05) is 12.1 Å². The Hall–Kier alpha value is -3.68. The molecule has 0 N–H and O–H groups in total. The minimum absolute atomic E-state index is 0.0224. The van der Waals surface area contributed by atoms with Gasteiger partial charge in [-0.15, -0.1) is 0 Å². The number of carbonyl (C=O) groups excluding carboxylic acids is 1. The van der Waals surface area contributed by atoms with E-state index in [2.05, 4.69) is 14.9 Å². The zero-order valence-corrected chi connectivity index (χ0v) is 19.9. The molecule has 2 fully saturated rings. The summed E-state index contributed by atoms with van der Waals surface area (Å²) in [5, 5.41) is 0. The summed E-state index contributed by atoms with van der Waals surface area (Å²) >= 11 is 0. The lowest BCUT2D eigenvalue weighted by atomic mass is 9.95. The van der Waals surface area contributed by atoms with E-state index in [0.29, 0.717) is 31.9 Å². The molecule has 2 aromatic carbocycles. The fraction of sp³-hybridized carbons (Fsp3) is 0.370. The van der Waals surface area contributed by atoms with Crippen LogP contribution in [0.1, 0.15) is 12.8 Å². The molecule has 1 amide bonds. The smallest absolute Gasteiger partial charge is 0.225 e. The fourth-order valence-electron chi connectivity index (χ4n) is 4.93. The molecule has 0 radical (unpaired) electrons. The largest absolute Gasteiger partial charge is 0.497 e.